The second-order valence-electron chi connectivity index (χ2n) is 6.21. The molecule has 0 fully saturated rings. The van der Waals surface area contributed by atoms with E-state index in [0.717, 1.165) is 11.1 Å². The summed E-state index contributed by atoms with van der Waals surface area (Å²) in [6, 6.07) is 8.69. The molecule has 0 atom stereocenters. The van der Waals surface area contributed by atoms with Crippen LogP contribution >= 0.6 is 11.6 Å². The van der Waals surface area contributed by atoms with E-state index in [1.807, 2.05) is 6.92 Å². The van der Waals surface area contributed by atoms with Crippen LogP contribution < -0.4 is 19.5 Å². The number of halogens is 1. The topological polar surface area (TPSA) is 83.1 Å². The Morgan fingerprint density at radius 1 is 1.00 bits per heavy atom. The maximum absolute atomic E-state index is 12.0. The summed E-state index contributed by atoms with van der Waals surface area (Å²) in [4.78, 5) is 23.9. The molecular weight excluding hydrogens is 398 g/mol. The standard InChI is InChI=1S/C21H24ClNO6/c1-13-5-7-15(11-16(13)22)23-19(24)12-29-20(25)8-6-14-9-17(26-2)21(28-4)18(10-14)27-3/h5,7,9-11H,6,8,12H2,1-4H3,(H,23,24). The van der Waals surface area contributed by atoms with Gasteiger partial charge in [-0.2, -0.15) is 0 Å². The van der Waals surface area contributed by atoms with Crippen molar-refractivity contribution >= 4 is 29.2 Å². The number of methoxy groups -OCH3 is 3. The number of anilines is 1. The van der Waals surface area contributed by atoms with Crippen LogP contribution in [-0.2, 0) is 20.7 Å². The first-order valence-electron chi connectivity index (χ1n) is 8.88. The zero-order valence-corrected chi connectivity index (χ0v) is 17.6. The van der Waals surface area contributed by atoms with E-state index < -0.39 is 11.9 Å². The molecule has 0 aliphatic rings. The number of nitrogens with one attached hydrogen (secondary N) is 1. The molecule has 0 saturated heterocycles. The monoisotopic (exact) mass is 421 g/mol. The summed E-state index contributed by atoms with van der Waals surface area (Å²) >= 11 is 6.02. The third kappa shape index (κ3) is 6.29. The van der Waals surface area contributed by atoms with Crippen molar-refractivity contribution in [2.45, 2.75) is 19.8 Å². The van der Waals surface area contributed by atoms with Crippen molar-refractivity contribution in [3.63, 3.8) is 0 Å². The Kier molecular flexibility index (Phi) is 8.15. The first-order valence-corrected chi connectivity index (χ1v) is 9.26. The summed E-state index contributed by atoms with van der Waals surface area (Å²) < 4.78 is 20.9. The Morgan fingerprint density at radius 2 is 1.66 bits per heavy atom. The lowest BCUT2D eigenvalue weighted by molar-refractivity contribution is -0.147. The molecule has 0 spiro atoms. The van der Waals surface area contributed by atoms with Gasteiger partial charge in [0.25, 0.3) is 5.91 Å². The zero-order chi connectivity index (χ0) is 21.4. The maximum atomic E-state index is 12.0. The van der Waals surface area contributed by atoms with Gasteiger partial charge in [0.1, 0.15) is 0 Å². The molecule has 0 heterocycles. The van der Waals surface area contributed by atoms with E-state index in [1.54, 1.807) is 30.3 Å². The molecule has 0 radical (unpaired) electrons. The van der Waals surface area contributed by atoms with E-state index in [1.165, 1.54) is 21.3 Å². The van der Waals surface area contributed by atoms with Crippen molar-refractivity contribution in [1.82, 2.24) is 0 Å². The fourth-order valence-electron chi connectivity index (χ4n) is 2.61. The van der Waals surface area contributed by atoms with Crippen molar-refractivity contribution in [3.8, 4) is 17.2 Å². The maximum Gasteiger partial charge on any atom is 0.306 e. The van der Waals surface area contributed by atoms with Crippen LogP contribution in [0.5, 0.6) is 17.2 Å². The molecule has 1 N–H and O–H groups in total. The quantitative estimate of drug-likeness (QED) is 0.620. The van der Waals surface area contributed by atoms with Crippen LogP contribution in [0.1, 0.15) is 17.5 Å². The predicted octanol–water partition coefficient (Wildman–Crippen LogP) is 3.79. The summed E-state index contributed by atoms with van der Waals surface area (Å²) in [7, 11) is 4.57. The van der Waals surface area contributed by atoms with Gasteiger partial charge in [-0.15, -0.1) is 0 Å². The zero-order valence-electron chi connectivity index (χ0n) is 16.8. The minimum atomic E-state index is -0.490. The van der Waals surface area contributed by atoms with Crippen LogP contribution in [0.15, 0.2) is 30.3 Å². The largest absolute Gasteiger partial charge is 0.493 e. The molecule has 1 amide bonds. The normalized spacial score (nSPS) is 10.2. The fourth-order valence-corrected chi connectivity index (χ4v) is 2.79. The highest BCUT2D eigenvalue weighted by Gasteiger charge is 2.15. The highest BCUT2D eigenvalue weighted by atomic mass is 35.5. The number of hydrogen-bond acceptors (Lipinski definition) is 6. The molecule has 0 aliphatic heterocycles. The van der Waals surface area contributed by atoms with Crippen molar-refractivity contribution < 1.29 is 28.5 Å². The first-order chi connectivity index (χ1) is 13.9. The third-order valence-electron chi connectivity index (χ3n) is 4.16. The van der Waals surface area contributed by atoms with Gasteiger partial charge >= 0.3 is 5.97 Å². The molecule has 0 bridgehead atoms. The van der Waals surface area contributed by atoms with E-state index in [2.05, 4.69) is 5.32 Å². The third-order valence-corrected chi connectivity index (χ3v) is 4.57. The van der Waals surface area contributed by atoms with Crippen molar-refractivity contribution in [1.29, 1.82) is 0 Å². The highest BCUT2D eigenvalue weighted by molar-refractivity contribution is 6.31. The smallest absolute Gasteiger partial charge is 0.306 e. The molecule has 156 valence electrons. The number of aryl methyl sites for hydroxylation is 2. The van der Waals surface area contributed by atoms with E-state index >= 15 is 0 Å². The number of esters is 1. The molecule has 2 aromatic rings. The molecule has 2 aromatic carbocycles. The number of rotatable bonds is 9. The number of ether oxygens (including phenoxy) is 4. The first kappa shape index (κ1) is 22.4. The Bertz CT molecular complexity index is 858. The highest BCUT2D eigenvalue weighted by Crippen LogP contribution is 2.38. The van der Waals surface area contributed by atoms with E-state index in [-0.39, 0.29) is 13.0 Å². The Labute approximate surface area is 174 Å². The summed E-state index contributed by atoms with van der Waals surface area (Å²) in [5, 5.41) is 3.18. The molecule has 0 saturated carbocycles. The lowest BCUT2D eigenvalue weighted by Crippen LogP contribution is -2.21. The SMILES string of the molecule is COc1cc(CCC(=O)OCC(=O)Nc2ccc(C)c(Cl)c2)cc(OC)c1OC. The minimum Gasteiger partial charge on any atom is -0.493 e. The predicted molar refractivity (Wildman–Crippen MR) is 110 cm³/mol. The van der Waals surface area contributed by atoms with E-state index in [4.69, 9.17) is 30.5 Å². The molecule has 0 unspecified atom stereocenters. The molecule has 7 nitrogen and oxygen atoms in total. The number of carbonyl (C=O) groups excluding carboxylic acids is 2. The van der Waals surface area contributed by atoms with Gasteiger partial charge in [-0.25, -0.2) is 0 Å². The van der Waals surface area contributed by atoms with E-state index in [0.29, 0.717) is 34.4 Å². The Hall–Kier alpha value is -2.93. The van der Waals surface area contributed by atoms with Crippen molar-refractivity contribution in [2.75, 3.05) is 33.3 Å². The van der Waals surface area contributed by atoms with Gasteiger partial charge in [0.2, 0.25) is 5.75 Å². The van der Waals surface area contributed by atoms with Gasteiger partial charge in [0, 0.05) is 17.1 Å². The molecule has 8 heteroatoms. The fraction of sp³-hybridized carbons (Fsp3) is 0.333. The Balaban J connectivity index is 1.86. The van der Waals surface area contributed by atoms with Crippen LogP contribution in [0.4, 0.5) is 5.69 Å². The second kappa shape index (κ2) is 10.6. The van der Waals surface area contributed by atoms with Gasteiger partial charge < -0.3 is 24.3 Å². The van der Waals surface area contributed by atoms with Crippen LogP contribution in [-0.4, -0.2) is 39.8 Å². The molecule has 29 heavy (non-hydrogen) atoms. The number of hydrogen-bond donors (Lipinski definition) is 1. The summed E-state index contributed by atoms with van der Waals surface area (Å²) in [5.74, 6) is 0.564. The summed E-state index contributed by atoms with van der Waals surface area (Å²) in [5.41, 5.74) is 2.26. The van der Waals surface area contributed by atoms with Crippen LogP contribution in [0, 0.1) is 6.92 Å². The molecule has 2 rings (SSSR count). The van der Waals surface area contributed by atoms with Gasteiger partial charge in [-0.1, -0.05) is 17.7 Å². The number of amides is 1. The van der Waals surface area contributed by atoms with Crippen LogP contribution in [0.25, 0.3) is 0 Å². The Morgan fingerprint density at radius 3 is 2.21 bits per heavy atom. The number of benzene rings is 2. The van der Waals surface area contributed by atoms with E-state index in [9.17, 15) is 9.59 Å². The summed E-state index contributed by atoms with van der Waals surface area (Å²) in [6.07, 6.45) is 0.493. The van der Waals surface area contributed by atoms with Crippen LogP contribution in [0.2, 0.25) is 5.02 Å². The van der Waals surface area contributed by atoms with Crippen LogP contribution in [0.3, 0.4) is 0 Å². The lowest BCUT2D eigenvalue weighted by atomic mass is 10.1. The average Bonchev–Trinajstić information content (AvgIpc) is 2.72. The van der Waals surface area contributed by atoms with Gasteiger partial charge in [-0.05, 0) is 48.7 Å². The lowest BCUT2D eigenvalue weighted by Gasteiger charge is -2.14. The minimum absolute atomic E-state index is 0.0995. The van der Waals surface area contributed by atoms with Gasteiger partial charge in [-0.3, -0.25) is 9.59 Å². The molecule has 0 aromatic heterocycles. The molecular formula is C21H24ClNO6. The molecule has 0 aliphatic carbocycles. The van der Waals surface area contributed by atoms with Crippen molar-refractivity contribution in [3.05, 3.63) is 46.5 Å². The summed E-state index contributed by atoms with van der Waals surface area (Å²) in [6.45, 7) is 1.49. The van der Waals surface area contributed by atoms with Gasteiger partial charge in [0.15, 0.2) is 18.1 Å². The van der Waals surface area contributed by atoms with Crippen molar-refractivity contribution in [2.24, 2.45) is 0 Å². The average molecular weight is 422 g/mol. The van der Waals surface area contributed by atoms with Gasteiger partial charge in [0.05, 0.1) is 21.3 Å². The second-order valence-corrected chi connectivity index (χ2v) is 6.61. The number of carbonyl (C=O) groups is 2.